The van der Waals surface area contributed by atoms with Crippen molar-refractivity contribution in [1.29, 1.82) is 0 Å². The standard InChI is InChI=1S/C11H13NO3/c13-10-6-8(11(14)15)7-12(10)9-4-2-1-3-5-9/h1-5,8,10,13H,6-7H2,(H,14,15). The number of carboxylic acid groups (broad SMARTS) is 1. The number of nitrogens with zero attached hydrogens (tertiary/aromatic N) is 1. The summed E-state index contributed by atoms with van der Waals surface area (Å²) in [6, 6.07) is 9.37. The Morgan fingerprint density at radius 1 is 1.33 bits per heavy atom. The minimum atomic E-state index is -0.840. The van der Waals surface area contributed by atoms with Crippen molar-refractivity contribution in [1.82, 2.24) is 0 Å². The molecule has 80 valence electrons. The molecule has 0 aliphatic carbocycles. The quantitative estimate of drug-likeness (QED) is 0.757. The number of carbonyl (C=O) groups is 1. The summed E-state index contributed by atoms with van der Waals surface area (Å²) < 4.78 is 0. The van der Waals surface area contributed by atoms with E-state index in [1.165, 1.54) is 0 Å². The summed E-state index contributed by atoms with van der Waals surface area (Å²) in [5.74, 6) is -1.31. The van der Waals surface area contributed by atoms with Crippen molar-refractivity contribution in [3.63, 3.8) is 0 Å². The Hall–Kier alpha value is -1.55. The van der Waals surface area contributed by atoms with Gasteiger partial charge in [-0.2, -0.15) is 0 Å². The minimum Gasteiger partial charge on any atom is -0.481 e. The van der Waals surface area contributed by atoms with Crippen LogP contribution in [0.2, 0.25) is 0 Å². The fourth-order valence-electron chi connectivity index (χ4n) is 1.89. The SMILES string of the molecule is O=C(O)C1CC(O)N(c2ccccc2)C1. The molecule has 0 aromatic heterocycles. The zero-order valence-corrected chi connectivity index (χ0v) is 8.21. The third-order valence-electron chi connectivity index (χ3n) is 2.71. The monoisotopic (exact) mass is 207 g/mol. The van der Waals surface area contributed by atoms with Gasteiger partial charge in [0.2, 0.25) is 0 Å². The molecule has 1 fully saturated rings. The van der Waals surface area contributed by atoms with Gasteiger partial charge >= 0.3 is 5.97 Å². The summed E-state index contributed by atoms with van der Waals surface area (Å²) in [6.45, 7) is 0.376. The van der Waals surface area contributed by atoms with E-state index in [1.807, 2.05) is 30.3 Å². The lowest BCUT2D eigenvalue weighted by Gasteiger charge is -2.22. The number of aliphatic hydroxyl groups excluding tert-OH is 1. The molecule has 1 saturated heterocycles. The van der Waals surface area contributed by atoms with Crippen molar-refractivity contribution in [3.05, 3.63) is 30.3 Å². The van der Waals surface area contributed by atoms with Gasteiger partial charge in [0, 0.05) is 18.7 Å². The number of hydrogen-bond donors (Lipinski definition) is 2. The largest absolute Gasteiger partial charge is 0.481 e. The zero-order valence-electron chi connectivity index (χ0n) is 8.21. The Morgan fingerprint density at radius 3 is 2.53 bits per heavy atom. The smallest absolute Gasteiger partial charge is 0.308 e. The summed E-state index contributed by atoms with van der Waals surface area (Å²) in [5, 5.41) is 18.6. The lowest BCUT2D eigenvalue weighted by molar-refractivity contribution is -0.141. The summed E-state index contributed by atoms with van der Waals surface area (Å²) >= 11 is 0. The van der Waals surface area contributed by atoms with Crippen molar-refractivity contribution < 1.29 is 15.0 Å². The highest BCUT2D eigenvalue weighted by Crippen LogP contribution is 2.27. The van der Waals surface area contributed by atoms with Gasteiger partial charge < -0.3 is 15.1 Å². The Balaban J connectivity index is 2.15. The summed E-state index contributed by atoms with van der Waals surface area (Å²) in [6.07, 6.45) is -0.391. The molecule has 1 aromatic rings. The molecule has 1 aliphatic rings. The van der Waals surface area contributed by atoms with Crippen molar-refractivity contribution in [2.45, 2.75) is 12.6 Å². The molecule has 2 atom stereocenters. The first-order chi connectivity index (χ1) is 7.18. The molecule has 2 N–H and O–H groups in total. The van der Waals surface area contributed by atoms with Crippen LogP contribution in [0.5, 0.6) is 0 Å². The number of anilines is 1. The van der Waals surface area contributed by atoms with Gasteiger partial charge in [0.1, 0.15) is 6.23 Å². The zero-order chi connectivity index (χ0) is 10.8. The van der Waals surface area contributed by atoms with Gasteiger partial charge in [-0.1, -0.05) is 18.2 Å². The second-order valence-corrected chi connectivity index (χ2v) is 3.74. The third kappa shape index (κ3) is 1.94. The Bertz CT molecular complexity index is 352. The molecular weight excluding hydrogens is 194 g/mol. The van der Waals surface area contributed by atoms with Crippen molar-refractivity contribution >= 4 is 11.7 Å². The maximum atomic E-state index is 10.8. The summed E-state index contributed by atoms with van der Waals surface area (Å²) in [7, 11) is 0. The van der Waals surface area contributed by atoms with Crippen LogP contribution in [0.1, 0.15) is 6.42 Å². The van der Waals surface area contributed by atoms with Crippen LogP contribution >= 0.6 is 0 Å². The van der Waals surface area contributed by atoms with Gasteiger partial charge in [-0.05, 0) is 12.1 Å². The number of aliphatic hydroxyl groups is 1. The van der Waals surface area contributed by atoms with Crippen LogP contribution in [-0.2, 0) is 4.79 Å². The molecule has 2 rings (SSSR count). The summed E-state index contributed by atoms with van der Waals surface area (Å²) in [5.41, 5.74) is 0.869. The average Bonchev–Trinajstić information content (AvgIpc) is 2.62. The van der Waals surface area contributed by atoms with E-state index in [-0.39, 0.29) is 0 Å². The maximum absolute atomic E-state index is 10.8. The molecular formula is C11H13NO3. The van der Waals surface area contributed by atoms with Crippen LogP contribution in [0, 0.1) is 5.92 Å². The normalized spacial score (nSPS) is 25.5. The summed E-state index contributed by atoms with van der Waals surface area (Å²) in [4.78, 5) is 12.5. The first kappa shape index (κ1) is 9.98. The molecule has 1 heterocycles. The minimum absolute atomic E-state index is 0.296. The highest BCUT2D eigenvalue weighted by Gasteiger charge is 2.34. The maximum Gasteiger partial charge on any atom is 0.308 e. The molecule has 0 bridgehead atoms. The Morgan fingerprint density at radius 2 is 2.00 bits per heavy atom. The van der Waals surface area contributed by atoms with Gasteiger partial charge in [-0.3, -0.25) is 4.79 Å². The van der Waals surface area contributed by atoms with Gasteiger partial charge in [0.05, 0.1) is 5.92 Å². The molecule has 1 aromatic carbocycles. The van der Waals surface area contributed by atoms with Crippen LogP contribution in [-0.4, -0.2) is 29.0 Å². The predicted octanol–water partition coefficient (Wildman–Crippen LogP) is 0.916. The number of hydrogen-bond acceptors (Lipinski definition) is 3. The predicted molar refractivity (Wildman–Crippen MR) is 55.5 cm³/mol. The van der Waals surface area contributed by atoms with Crippen molar-refractivity contribution in [2.75, 3.05) is 11.4 Å². The van der Waals surface area contributed by atoms with E-state index in [2.05, 4.69) is 0 Å². The van der Waals surface area contributed by atoms with E-state index in [0.717, 1.165) is 5.69 Å². The Kier molecular flexibility index (Phi) is 2.60. The average molecular weight is 207 g/mol. The molecule has 0 saturated carbocycles. The molecule has 4 heteroatoms. The van der Waals surface area contributed by atoms with Gasteiger partial charge in [0.15, 0.2) is 0 Å². The van der Waals surface area contributed by atoms with E-state index in [0.29, 0.717) is 13.0 Å². The molecule has 1 aliphatic heterocycles. The number of benzene rings is 1. The Labute approximate surface area is 87.8 Å². The van der Waals surface area contributed by atoms with Crippen molar-refractivity contribution in [2.24, 2.45) is 5.92 Å². The molecule has 0 amide bonds. The van der Waals surface area contributed by atoms with Gasteiger partial charge in [-0.25, -0.2) is 0 Å². The molecule has 0 radical (unpaired) electrons. The van der Waals surface area contributed by atoms with E-state index in [1.54, 1.807) is 4.90 Å². The van der Waals surface area contributed by atoms with Gasteiger partial charge in [0.25, 0.3) is 0 Å². The first-order valence-corrected chi connectivity index (χ1v) is 4.91. The molecule has 0 spiro atoms. The second kappa shape index (κ2) is 3.90. The van der Waals surface area contributed by atoms with Crippen LogP contribution in [0.25, 0.3) is 0 Å². The highest BCUT2D eigenvalue weighted by atomic mass is 16.4. The van der Waals surface area contributed by atoms with E-state index in [9.17, 15) is 9.90 Å². The number of aliphatic carboxylic acids is 1. The third-order valence-corrected chi connectivity index (χ3v) is 2.71. The highest BCUT2D eigenvalue weighted by molar-refractivity contribution is 5.72. The lowest BCUT2D eigenvalue weighted by Crippen LogP contribution is -2.29. The van der Waals surface area contributed by atoms with Crippen LogP contribution in [0.3, 0.4) is 0 Å². The van der Waals surface area contributed by atoms with E-state index >= 15 is 0 Å². The van der Waals surface area contributed by atoms with Crippen LogP contribution in [0.15, 0.2) is 30.3 Å². The number of carboxylic acids is 1. The fraction of sp³-hybridized carbons (Fsp3) is 0.364. The number of para-hydroxylation sites is 1. The van der Waals surface area contributed by atoms with Crippen molar-refractivity contribution in [3.8, 4) is 0 Å². The molecule has 15 heavy (non-hydrogen) atoms. The van der Waals surface area contributed by atoms with Gasteiger partial charge in [-0.15, -0.1) is 0 Å². The van der Waals surface area contributed by atoms with E-state index in [4.69, 9.17) is 5.11 Å². The van der Waals surface area contributed by atoms with Crippen LogP contribution in [0.4, 0.5) is 5.69 Å². The fourth-order valence-corrected chi connectivity index (χ4v) is 1.89. The second-order valence-electron chi connectivity index (χ2n) is 3.74. The van der Waals surface area contributed by atoms with Crippen LogP contribution < -0.4 is 4.90 Å². The first-order valence-electron chi connectivity index (χ1n) is 4.91. The number of rotatable bonds is 2. The topological polar surface area (TPSA) is 60.8 Å². The lowest BCUT2D eigenvalue weighted by atomic mass is 10.1. The molecule has 2 unspecified atom stereocenters. The van der Waals surface area contributed by atoms with E-state index < -0.39 is 18.1 Å². The molecule has 4 nitrogen and oxygen atoms in total.